The highest BCUT2D eigenvalue weighted by Gasteiger charge is 2.26. The lowest BCUT2D eigenvalue weighted by Gasteiger charge is -2.28. The van der Waals surface area contributed by atoms with Crippen LogP contribution in [-0.2, 0) is 16.1 Å². The molecule has 0 unspecified atom stereocenters. The number of halogens is 2. The average molecular weight is 395 g/mol. The summed E-state index contributed by atoms with van der Waals surface area (Å²) in [5.41, 5.74) is 0.751. The Morgan fingerprint density at radius 2 is 1.88 bits per heavy atom. The predicted octanol–water partition coefficient (Wildman–Crippen LogP) is 3.54. The van der Waals surface area contributed by atoms with E-state index in [1.807, 2.05) is 18.2 Å². The van der Waals surface area contributed by atoms with Crippen LogP contribution in [0.15, 0.2) is 48.5 Å². The van der Waals surface area contributed by atoms with Gasteiger partial charge in [-0.1, -0.05) is 47.5 Å². The molecule has 0 aromatic heterocycles. The van der Waals surface area contributed by atoms with Crippen LogP contribution in [0.1, 0.15) is 12.5 Å². The van der Waals surface area contributed by atoms with Crippen molar-refractivity contribution in [2.45, 2.75) is 19.5 Å². The molecular formula is C19H20Cl2N2O3. The van der Waals surface area contributed by atoms with Crippen molar-refractivity contribution in [1.82, 2.24) is 10.2 Å². The van der Waals surface area contributed by atoms with Gasteiger partial charge in [0.2, 0.25) is 5.91 Å². The molecule has 0 aliphatic rings. The molecule has 0 fully saturated rings. The van der Waals surface area contributed by atoms with Crippen LogP contribution in [0.2, 0.25) is 10.0 Å². The zero-order chi connectivity index (χ0) is 19.1. The number of carbonyl (C=O) groups excluding carboxylic acids is 2. The first-order valence-corrected chi connectivity index (χ1v) is 8.80. The molecule has 2 aromatic carbocycles. The third-order valence-electron chi connectivity index (χ3n) is 3.87. The SMILES string of the molecule is CNC(=O)[C@H](C)N(Cc1ccccc1Cl)C(=O)COc1cccc(Cl)c1. The number of hydrogen-bond donors (Lipinski definition) is 1. The van der Waals surface area contributed by atoms with Crippen molar-refractivity contribution in [3.05, 3.63) is 64.1 Å². The first-order chi connectivity index (χ1) is 12.4. The summed E-state index contributed by atoms with van der Waals surface area (Å²) in [7, 11) is 1.53. The molecule has 0 spiro atoms. The minimum atomic E-state index is -0.674. The van der Waals surface area contributed by atoms with E-state index in [2.05, 4.69) is 5.32 Å². The number of nitrogens with zero attached hydrogens (tertiary/aromatic N) is 1. The van der Waals surface area contributed by atoms with Crippen molar-refractivity contribution in [2.75, 3.05) is 13.7 Å². The van der Waals surface area contributed by atoms with Crippen LogP contribution in [0.4, 0.5) is 0 Å². The number of benzene rings is 2. The number of carbonyl (C=O) groups is 2. The summed E-state index contributed by atoms with van der Waals surface area (Å²) in [4.78, 5) is 26.2. The maximum Gasteiger partial charge on any atom is 0.261 e. The zero-order valence-electron chi connectivity index (χ0n) is 14.5. The van der Waals surface area contributed by atoms with E-state index in [9.17, 15) is 9.59 Å². The maximum atomic E-state index is 12.7. The molecular weight excluding hydrogens is 375 g/mol. The van der Waals surface area contributed by atoms with Crippen LogP contribution >= 0.6 is 23.2 Å². The monoisotopic (exact) mass is 394 g/mol. The van der Waals surface area contributed by atoms with Crippen molar-refractivity contribution in [3.63, 3.8) is 0 Å². The zero-order valence-corrected chi connectivity index (χ0v) is 16.1. The molecule has 0 bridgehead atoms. The van der Waals surface area contributed by atoms with Gasteiger partial charge in [0.1, 0.15) is 11.8 Å². The molecule has 0 heterocycles. The van der Waals surface area contributed by atoms with Gasteiger partial charge in [-0.3, -0.25) is 9.59 Å². The minimum absolute atomic E-state index is 0.200. The summed E-state index contributed by atoms with van der Waals surface area (Å²) in [6.45, 7) is 1.64. The Morgan fingerprint density at radius 3 is 2.54 bits per heavy atom. The van der Waals surface area contributed by atoms with Crippen LogP contribution < -0.4 is 10.1 Å². The second kappa shape index (κ2) is 9.46. The lowest BCUT2D eigenvalue weighted by molar-refractivity contribution is -0.142. The van der Waals surface area contributed by atoms with Gasteiger partial charge < -0.3 is 15.0 Å². The van der Waals surface area contributed by atoms with Gasteiger partial charge in [0, 0.05) is 23.6 Å². The molecule has 1 atom stereocenters. The van der Waals surface area contributed by atoms with Gasteiger partial charge in [-0.25, -0.2) is 0 Å². The molecule has 2 amide bonds. The van der Waals surface area contributed by atoms with Gasteiger partial charge in [0.25, 0.3) is 5.91 Å². The van der Waals surface area contributed by atoms with Gasteiger partial charge >= 0.3 is 0 Å². The van der Waals surface area contributed by atoms with Crippen LogP contribution in [0.5, 0.6) is 5.75 Å². The van der Waals surface area contributed by atoms with Crippen LogP contribution in [0, 0.1) is 0 Å². The van der Waals surface area contributed by atoms with Crippen molar-refractivity contribution in [1.29, 1.82) is 0 Å². The lowest BCUT2D eigenvalue weighted by Crippen LogP contribution is -2.48. The maximum absolute atomic E-state index is 12.7. The Balaban J connectivity index is 2.15. The van der Waals surface area contributed by atoms with E-state index < -0.39 is 6.04 Å². The molecule has 26 heavy (non-hydrogen) atoms. The summed E-state index contributed by atoms with van der Waals surface area (Å²) >= 11 is 12.1. The Bertz CT molecular complexity index is 783. The number of rotatable bonds is 7. The molecule has 0 saturated carbocycles. The number of amides is 2. The second-order valence-electron chi connectivity index (χ2n) is 5.65. The van der Waals surface area contributed by atoms with E-state index >= 15 is 0 Å². The highest BCUT2D eigenvalue weighted by molar-refractivity contribution is 6.31. The number of nitrogens with one attached hydrogen (secondary N) is 1. The molecule has 0 aliphatic heterocycles. The topological polar surface area (TPSA) is 58.6 Å². The van der Waals surface area contributed by atoms with Crippen molar-refractivity contribution >= 4 is 35.0 Å². The standard InChI is InChI=1S/C19H20Cl2N2O3/c1-13(19(25)22-2)23(11-14-6-3-4-9-17(14)21)18(24)12-26-16-8-5-7-15(20)10-16/h3-10,13H,11-12H2,1-2H3,(H,22,25)/t13-/m0/s1. The largest absolute Gasteiger partial charge is 0.484 e. The highest BCUT2D eigenvalue weighted by atomic mass is 35.5. The van der Waals surface area contributed by atoms with Gasteiger partial charge in [0.05, 0.1) is 0 Å². The summed E-state index contributed by atoms with van der Waals surface area (Å²) in [6.07, 6.45) is 0. The van der Waals surface area contributed by atoms with Gasteiger partial charge in [-0.05, 0) is 36.8 Å². The summed E-state index contributed by atoms with van der Waals surface area (Å²) in [6, 6.07) is 13.3. The van der Waals surface area contributed by atoms with Crippen molar-refractivity contribution in [3.8, 4) is 5.75 Å². The van der Waals surface area contributed by atoms with E-state index in [1.54, 1.807) is 37.3 Å². The molecule has 0 saturated heterocycles. The predicted molar refractivity (Wildman–Crippen MR) is 102 cm³/mol. The molecule has 5 nitrogen and oxygen atoms in total. The average Bonchev–Trinajstić information content (AvgIpc) is 2.64. The molecule has 138 valence electrons. The fourth-order valence-corrected chi connectivity index (χ4v) is 2.76. The van der Waals surface area contributed by atoms with Crippen molar-refractivity contribution in [2.24, 2.45) is 0 Å². The van der Waals surface area contributed by atoms with Crippen LogP contribution in [0.3, 0.4) is 0 Å². The van der Waals surface area contributed by atoms with Crippen LogP contribution in [-0.4, -0.2) is 36.4 Å². The molecule has 2 aromatic rings. The van der Waals surface area contributed by atoms with E-state index in [1.165, 1.54) is 11.9 Å². The fourth-order valence-electron chi connectivity index (χ4n) is 2.39. The molecule has 0 radical (unpaired) electrons. The summed E-state index contributed by atoms with van der Waals surface area (Å²) < 4.78 is 5.52. The fraction of sp³-hybridized carbons (Fsp3) is 0.263. The normalized spacial score (nSPS) is 11.5. The molecule has 0 aliphatic carbocycles. The Morgan fingerprint density at radius 1 is 1.15 bits per heavy atom. The van der Waals surface area contributed by atoms with Gasteiger partial charge in [0.15, 0.2) is 6.61 Å². The summed E-state index contributed by atoms with van der Waals surface area (Å²) in [5, 5.41) is 3.61. The number of ether oxygens (including phenoxy) is 1. The third-order valence-corrected chi connectivity index (χ3v) is 4.47. The first-order valence-electron chi connectivity index (χ1n) is 8.05. The van der Waals surface area contributed by atoms with Gasteiger partial charge in [-0.15, -0.1) is 0 Å². The third kappa shape index (κ3) is 5.38. The molecule has 2 rings (SSSR count). The van der Waals surface area contributed by atoms with E-state index in [0.717, 1.165) is 5.56 Å². The smallest absolute Gasteiger partial charge is 0.261 e. The lowest BCUT2D eigenvalue weighted by atomic mass is 10.1. The number of likely N-dealkylation sites (N-methyl/N-ethyl adjacent to an activating group) is 1. The Kier molecular flexibility index (Phi) is 7.30. The van der Waals surface area contributed by atoms with E-state index in [0.29, 0.717) is 15.8 Å². The Hall–Kier alpha value is -2.24. The molecule has 1 N–H and O–H groups in total. The summed E-state index contributed by atoms with van der Waals surface area (Å²) in [5.74, 6) is -0.120. The van der Waals surface area contributed by atoms with Crippen LogP contribution in [0.25, 0.3) is 0 Å². The first kappa shape index (κ1) is 20.1. The quantitative estimate of drug-likeness (QED) is 0.780. The Labute approximate surface area is 162 Å². The molecule has 7 heteroatoms. The van der Waals surface area contributed by atoms with E-state index in [4.69, 9.17) is 27.9 Å². The van der Waals surface area contributed by atoms with Crippen molar-refractivity contribution < 1.29 is 14.3 Å². The highest BCUT2D eigenvalue weighted by Crippen LogP contribution is 2.20. The van der Waals surface area contributed by atoms with E-state index in [-0.39, 0.29) is 25.0 Å². The second-order valence-corrected chi connectivity index (χ2v) is 6.49. The van der Waals surface area contributed by atoms with Gasteiger partial charge in [-0.2, -0.15) is 0 Å². The minimum Gasteiger partial charge on any atom is -0.484 e. The number of hydrogen-bond acceptors (Lipinski definition) is 3.